The predicted octanol–water partition coefficient (Wildman–Crippen LogP) is 3.90. The van der Waals surface area contributed by atoms with E-state index in [9.17, 15) is 9.59 Å². The Labute approximate surface area is 155 Å². The van der Waals surface area contributed by atoms with Crippen LogP contribution in [0.25, 0.3) is 0 Å². The van der Waals surface area contributed by atoms with Crippen molar-refractivity contribution in [2.45, 2.75) is 20.3 Å². The smallest absolute Gasteiger partial charge is 0.229 e. The first-order valence-electron chi connectivity index (χ1n) is 7.88. The van der Waals surface area contributed by atoms with Crippen molar-refractivity contribution in [1.29, 1.82) is 0 Å². The highest BCUT2D eigenvalue weighted by atomic mass is 127. The molecule has 0 unspecified atom stereocenters. The molecule has 2 aromatic rings. The number of hydrogen-bond donors (Lipinski definition) is 1. The van der Waals surface area contributed by atoms with Crippen molar-refractivity contribution in [3.05, 3.63) is 57.2 Å². The molecule has 24 heavy (non-hydrogen) atoms. The van der Waals surface area contributed by atoms with Gasteiger partial charge in [-0.1, -0.05) is 17.7 Å². The van der Waals surface area contributed by atoms with E-state index in [0.29, 0.717) is 6.54 Å². The predicted molar refractivity (Wildman–Crippen MR) is 104 cm³/mol. The largest absolute Gasteiger partial charge is 0.326 e. The first-order chi connectivity index (χ1) is 11.4. The van der Waals surface area contributed by atoms with Crippen LogP contribution in [0.2, 0.25) is 0 Å². The van der Waals surface area contributed by atoms with E-state index in [4.69, 9.17) is 0 Å². The van der Waals surface area contributed by atoms with Gasteiger partial charge in [0.25, 0.3) is 0 Å². The average Bonchev–Trinajstić information content (AvgIpc) is 2.93. The number of carbonyl (C=O) groups excluding carboxylic acids is 2. The van der Waals surface area contributed by atoms with E-state index in [1.165, 1.54) is 0 Å². The fourth-order valence-electron chi connectivity index (χ4n) is 2.86. The molecule has 5 heteroatoms. The zero-order valence-electron chi connectivity index (χ0n) is 13.7. The summed E-state index contributed by atoms with van der Waals surface area (Å²) in [6.45, 7) is 4.41. The van der Waals surface area contributed by atoms with Crippen LogP contribution < -0.4 is 10.2 Å². The molecule has 0 spiro atoms. The maximum Gasteiger partial charge on any atom is 0.229 e. The van der Waals surface area contributed by atoms with Gasteiger partial charge in [-0.3, -0.25) is 9.59 Å². The zero-order chi connectivity index (χ0) is 17.3. The Morgan fingerprint density at radius 2 is 1.88 bits per heavy atom. The summed E-state index contributed by atoms with van der Waals surface area (Å²) in [5, 5.41) is 2.96. The maximum atomic E-state index is 12.5. The number of nitrogens with one attached hydrogen (secondary N) is 1. The second-order valence-electron chi connectivity index (χ2n) is 6.19. The van der Waals surface area contributed by atoms with E-state index >= 15 is 0 Å². The number of hydrogen-bond acceptors (Lipinski definition) is 2. The van der Waals surface area contributed by atoms with E-state index in [-0.39, 0.29) is 24.2 Å². The Morgan fingerprint density at radius 3 is 2.54 bits per heavy atom. The Hall–Kier alpha value is -1.89. The molecule has 1 atom stereocenters. The molecule has 0 aromatic heterocycles. The Morgan fingerprint density at radius 1 is 1.17 bits per heavy atom. The Bertz CT molecular complexity index is 786. The number of amides is 2. The third-order valence-corrected chi connectivity index (χ3v) is 4.96. The monoisotopic (exact) mass is 434 g/mol. The summed E-state index contributed by atoms with van der Waals surface area (Å²) in [4.78, 5) is 26.5. The summed E-state index contributed by atoms with van der Waals surface area (Å²) >= 11 is 2.24. The van der Waals surface area contributed by atoms with Gasteiger partial charge in [0.05, 0.1) is 5.92 Å². The molecule has 0 saturated carbocycles. The lowest BCUT2D eigenvalue weighted by atomic mass is 10.1. The second-order valence-corrected chi connectivity index (χ2v) is 7.44. The lowest BCUT2D eigenvalue weighted by Gasteiger charge is -2.17. The van der Waals surface area contributed by atoms with Crippen LogP contribution in [-0.2, 0) is 9.59 Å². The minimum Gasteiger partial charge on any atom is -0.326 e. The minimum atomic E-state index is -0.322. The molecule has 1 N–H and O–H groups in total. The van der Waals surface area contributed by atoms with Crippen molar-refractivity contribution < 1.29 is 9.59 Å². The SMILES string of the molecule is Cc1ccc(N2C[C@H](C(=O)Nc3ccc(I)cc3C)CC2=O)cc1. The molecule has 0 bridgehead atoms. The van der Waals surface area contributed by atoms with Gasteiger partial charge in [-0.05, 0) is 72.3 Å². The van der Waals surface area contributed by atoms with Gasteiger partial charge in [-0.2, -0.15) is 0 Å². The van der Waals surface area contributed by atoms with Crippen molar-refractivity contribution in [3.8, 4) is 0 Å². The van der Waals surface area contributed by atoms with Gasteiger partial charge in [0.2, 0.25) is 11.8 Å². The molecule has 124 valence electrons. The van der Waals surface area contributed by atoms with Gasteiger partial charge >= 0.3 is 0 Å². The highest BCUT2D eigenvalue weighted by Gasteiger charge is 2.35. The van der Waals surface area contributed by atoms with Crippen LogP contribution in [0.5, 0.6) is 0 Å². The van der Waals surface area contributed by atoms with Gasteiger partial charge in [-0.15, -0.1) is 0 Å². The topological polar surface area (TPSA) is 49.4 Å². The van der Waals surface area contributed by atoms with Gasteiger partial charge in [-0.25, -0.2) is 0 Å². The highest BCUT2D eigenvalue weighted by molar-refractivity contribution is 14.1. The number of benzene rings is 2. The third-order valence-electron chi connectivity index (χ3n) is 4.29. The number of rotatable bonds is 3. The van der Waals surface area contributed by atoms with Crippen LogP contribution in [0.1, 0.15) is 17.5 Å². The van der Waals surface area contributed by atoms with E-state index < -0.39 is 0 Å². The van der Waals surface area contributed by atoms with Gasteiger partial charge in [0, 0.05) is 27.9 Å². The van der Waals surface area contributed by atoms with E-state index in [0.717, 1.165) is 26.1 Å². The van der Waals surface area contributed by atoms with Crippen molar-refractivity contribution >= 4 is 45.8 Å². The molecular weight excluding hydrogens is 415 g/mol. The normalized spacial score (nSPS) is 17.2. The summed E-state index contributed by atoms with van der Waals surface area (Å²) in [5.74, 6) is -0.418. The standard InChI is InChI=1S/C19H19IN2O2/c1-12-3-6-16(7-4-12)22-11-14(10-18(22)23)19(24)21-17-8-5-15(20)9-13(17)2/h3-9,14H,10-11H2,1-2H3,(H,21,24)/t14-/m1/s1. The molecule has 2 amide bonds. The van der Waals surface area contributed by atoms with E-state index in [2.05, 4.69) is 27.9 Å². The first-order valence-corrected chi connectivity index (χ1v) is 8.96. The Kier molecular flexibility index (Phi) is 4.89. The fourth-order valence-corrected chi connectivity index (χ4v) is 3.51. The molecule has 1 fully saturated rings. The molecule has 3 rings (SSSR count). The van der Waals surface area contributed by atoms with Crippen molar-refractivity contribution in [3.63, 3.8) is 0 Å². The number of nitrogens with zero attached hydrogens (tertiary/aromatic N) is 1. The quantitative estimate of drug-likeness (QED) is 0.746. The zero-order valence-corrected chi connectivity index (χ0v) is 15.8. The molecular formula is C19H19IN2O2. The lowest BCUT2D eigenvalue weighted by Crippen LogP contribution is -2.28. The maximum absolute atomic E-state index is 12.5. The first kappa shape index (κ1) is 17.0. The van der Waals surface area contributed by atoms with Gasteiger partial charge in [0.1, 0.15) is 0 Å². The van der Waals surface area contributed by atoms with Crippen LogP contribution in [0, 0.1) is 23.3 Å². The number of anilines is 2. The molecule has 1 aliphatic heterocycles. The molecule has 0 aliphatic carbocycles. The number of carbonyl (C=O) groups is 2. The Balaban J connectivity index is 1.70. The summed E-state index contributed by atoms with van der Waals surface area (Å²) in [6, 6.07) is 13.7. The van der Waals surface area contributed by atoms with Gasteiger partial charge in [0.15, 0.2) is 0 Å². The number of halogens is 1. The lowest BCUT2D eigenvalue weighted by molar-refractivity contribution is -0.122. The summed E-state index contributed by atoms with van der Waals surface area (Å²) in [6.07, 6.45) is 0.253. The number of aryl methyl sites for hydroxylation is 2. The average molecular weight is 434 g/mol. The molecule has 1 saturated heterocycles. The second kappa shape index (κ2) is 6.93. The van der Waals surface area contributed by atoms with Crippen LogP contribution >= 0.6 is 22.6 Å². The minimum absolute atomic E-state index is 0.00154. The van der Waals surface area contributed by atoms with Crippen LogP contribution in [0.4, 0.5) is 11.4 Å². The van der Waals surface area contributed by atoms with Crippen LogP contribution in [0.15, 0.2) is 42.5 Å². The van der Waals surface area contributed by atoms with Crippen molar-refractivity contribution in [2.75, 3.05) is 16.8 Å². The molecule has 1 aliphatic rings. The van der Waals surface area contributed by atoms with E-state index in [1.807, 2.05) is 56.3 Å². The summed E-state index contributed by atoms with van der Waals surface area (Å²) < 4.78 is 1.13. The third kappa shape index (κ3) is 3.61. The molecule has 0 radical (unpaired) electrons. The van der Waals surface area contributed by atoms with Crippen molar-refractivity contribution in [2.24, 2.45) is 5.92 Å². The summed E-state index contributed by atoms with van der Waals surface area (Å²) in [7, 11) is 0. The highest BCUT2D eigenvalue weighted by Crippen LogP contribution is 2.27. The van der Waals surface area contributed by atoms with Crippen LogP contribution in [0.3, 0.4) is 0 Å². The molecule has 4 nitrogen and oxygen atoms in total. The fraction of sp³-hybridized carbons (Fsp3) is 0.263. The van der Waals surface area contributed by atoms with Crippen LogP contribution in [-0.4, -0.2) is 18.4 Å². The van der Waals surface area contributed by atoms with Crippen molar-refractivity contribution in [1.82, 2.24) is 0 Å². The molecule has 1 heterocycles. The van der Waals surface area contributed by atoms with Gasteiger partial charge < -0.3 is 10.2 Å². The molecule has 2 aromatic carbocycles. The van der Waals surface area contributed by atoms with E-state index in [1.54, 1.807) is 4.90 Å². The summed E-state index contributed by atoms with van der Waals surface area (Å²) in [5.41, 5.74) is 3.83.